The first-order valence-electron chi connectivity index (χ1n) is 10.5. The molecule has 0 saturated heterocycles. The van der Waals surface area contributed by atoms with E-state index in [0.717, 1.165) is 64.6 Å². The molecule has 0 radical (unpaired) electrons. The smallest absolute Gasteiger partial charge is 0.346 e. The van der Waals surface area contributed by atoms with E-state index in [1.165, 1.54) is 0 Å². The Morgan fingerprint density at radius 3 is 2.67 bits per heavy atom. The van der Waals surface area contributed by atoms with E-state index >= 15 is 4.39 Å². The molecule has 27 heavy (non-hydrogen) atoms. The van der Waals surface area contributed by atoms with Gasteiger partial charge in [0.1, 0.15) is 17.0 Å². The Morgan fingerprint density at radius 1 is 1.19 bits per heavy atom. The molecule has 0 unspecified atom stereocenters. The summed E-state index contributed by atoms with van der Waals surface area (Å²) < 4.78 is 26.0. The number of hydrogen-bond donors (Lipinski definition) is 0. The van der Waals surface area contributed by atoms with Crippen molar-refractivity contribution in [3.05, 3.63) is 45.8 Å². The van der Waals surface area contributed by atoms with Gasteiger partial charge in [-0.15, -0.1) is 0 Å². The predicted octanol–water partition coefficient (Wildman–Crippen LogP) is 5.98. The van der Waals surface area contributed by atoms with Crippen molar-refractivity contribution in [2.24, 2.45) is 5.92 Å². The Kier molecular flexibility index (Phi) is 7.06. The molecule has 3 nitrogen and oxygen atoms in total. The maximum Gasteiger partial charge on any atom is 0.346 e. The van der Waals surface area contributed by atoms with E-state index in [4.69, 9.17) is 9.15 Å². The van der Waals surface area contributed by atoms with Crippen molar-refractivity contribution in [3.63, 3.8) is 0 Å². The van der Waals surface area contributed by atoms with Crippen molar-refractivity contribution in [3.8, 4) is 0 Å². The number of unbranched alkanes of at least 4 members (excludes halogenated alkanes) is 1. The Balaban J connectivity index is 1.75. The van der Waals surface area contributed by atoms with E-state index in [1.807, 2.05) is 25.1 Å². The lowest BCUT2D eigenvalue weighted by Gasteiger charge is -2.29. The van der Waals surface area contributed by atoms with Crippen LogP contribution in [0.5, 0.6) is 0 Å². The molecule has 1 heterocycles. The molecule has 1 aromatic heterocycles. The van der Waals surface area contributed by atoms with Gasteiger partial charge in [-0.1, -0.05) is 25.5 Å². The van der Waals surface area contributed by atoms with Gasteiger partial charge in [0.05, 0.1) is 0 Å². The van der Waals surface area contributed by atoms with Crippen molar-refractivity contribution < 1.29 is 13.5 Å². The highest BCUT2D eigenvalue weighted by Crippen LogP contribution is 2.39. The molecule has 1 aliphatic rings. The maximum atomic E-state index is 15.2. The van der Waals surface area contributed by atoms with Crippen LogP contribution in [0.1, 0.15) is 76.0 Å². The molecule has 0 bridgehead atoms. The second-order valence-electron chi connectivity index (χ2n) is 7.74. The fraction of sp³-hybridized carbons (Fsp3) is 0.609. The van der Waals surface area contributed by atoms with Gasteiger partial charge in [0.2, 0.25) is 0 Å². The van der Waals surface area contributed by atoms with Crippen LogP contribution in [-0.2, 0) is 11.2 Å². The third-order valence-corrected chi connectivity index (χ3v) is 5.89. The van der Waals surface area contributed by atoms with Crippen LogP contribution in [0.4, 0.5) is 4.39 Å². The number of ether oxygens (including phenoxy) is 1. The molecule has 2 aromatic rings. The normalized spacial score (nSPS) is 20.3. The number of hydrogen-bond acceptors (Lipinski definition) is 3. The van der Waals surface area contributed by atoms with Gasteiger partial charge in [0, 0.05) is 19.6 Å². The van der Waals surface area contributed by atoms with E-state index < -0.39 is 5.63 Å². The number of halogens is 1. The van der Waals surface area contributed by atoms with Crippen molar-refractivity contribution in [1.82, 2.24) is 0 Å². The average molecular weight is 374 g/mol. The molecule has 0 amide bonds. The maximum absolute atomic E-state index is 15.2. The second kappa shape index (κ2) is 9.50. The fourth-order valence-corrected chi connectivity index (χ4v) is 4.25. The van der Waals surface area contributed by atoms with E-state index in [9.17, 15) is 4.79 Å². The van der Waals surface area contributed by atoms with Gasteiger partial charge >= 0.3 is 5.63 Å². The molecule has 1 fully saturated rings. The van der Waals surface area contributed by atoms with Crippen molar-refractivity contribution in [2.75, 3.05) is 13.2 Å². The van der Waals surface area contributed by atoms with E-state index in [2.05, 4.69) is 6.92 Å². The SMILES string of the molecule is CCCCc1cc2ccc(C3CCC(CCOCC)CC3)c(F)c2c(=O)o1. The predicted molar refractivity (Wildman–Crippen MR) is 107 cm³/mol. The summed E-state index contributed by atoms with van der Waals surface area (Å²) >= 11 is 0. The topological polar surface area (TPSA) is 39.4 Å². The van der Waals surface area contributed by atoms with Crippen LogP contribution in [-0.4, -0.2) is 13.2 Å². The lowest BCUT2D eigenvalue weighted by molar-refractivity contribution is 0.123. The molecule has 0 spiro atoms. The van der Waals surface area contributed by atoms with Crippen LogP contribution in [0.15, 0.2) is 27.4 Å². The highest BCUT2D eigenvalue weighted by molar-refractivity contribution is 5.83. The Morgan fingerprint density at radius 2 is 1.96 bits per heavy atom. The highest BCUT2D eigenvalue weighted by Gasteiger charge is 2.25. The first kappa shape index (κ1) is 20.1. The minimum absolute atomic E-state index is 0.117. The van der Waals surface area contributed by atoms with Crippen LogP contribution in [0.2, 0.25) is 0 Å². The lowest BCUT2D eigenvalue weighted by atomic mass is 9.77. The molecule has 1 aliphatic carbocycles. The molecule has 0 atom stereocenters. The molecule has 148 valence electrons. The van der Waals surface area contributed by atoms with E-state index in [-0.39, 0.29) is 17.1 Å². The largest absolute Gasteiger partial charge is 0.427 e. The fourth-order valence-electron chi connectivity index (χ4n) is 4.25. The summed E-state index contributed by atoms with van der Waals surface area (Å²) in [6.07, 6.45) is 7.93. The van der Waals surface area contributed by atoms with Gasteiger partial charge in [-0.2, -0.15) is 0 Å². The van der Waals surface area contributed by atoms with Crippen LogP contribution >= 0.6 is 0 Å². The van der Waals surface area contributed by atoms with Gasteiger partial charge < -0.3 is 9.15 Å². The summed E-state index contributed by atoms with van der Waals surface area (Å²) in [4.78, 5) is 12.4. The summed E-state index contributed by atoms with van der Waals surface area (Å²) in [6.45, 7) is 5.69. The summed E-state index contributed by atoms with van der Waals surface area (Å²) in [5.74, 6) is 1.14. The van der Waals surface area contributed by atoms with Crippen LogP contribution in [0.3, 0.4) is 0 Å². The van der Waals surface area contributed by atoms with Gasteiger partial charge in [-0.05, 0) is 74.3 Å². The monoisotopic (exact) mass is 374 g/mol. The summed E-state index contributed by atoms with van der Waals surface area (Å²) in [7, 11) is 0. The summed E-state index contributed by atoms with van der Waals surface area (Å²) in [6, 6.07) is 5.59. The third kappa shape index (κ3) is 4.78. The standard InChI is InChI=1S/C23H31FO3/c1-3-5-6-19-15-18-11-12-20(22(24)21(18)23(25)27-19)17-9-7-16(8-10-17)13-14-26-4-2/h11-12,15-17H,3-10,13-14H2,1-2H3. The molecule has 1 saturated carbocycles. The van der Waals surface area contributed by atoms with E-state index in [1.54, 1.807) is 0 Å². The summed E-state index contributed by atoms with van der Waals surface area (Å²) in [5, 5.41) is 0.773. The molecule has 4 heteroatoms. The minimum Gasteiger partial charge on any atom is -0.427 e. The Labute approximate surface area is 160 Å². The van der Waals surface area contributed by atoms with Gasteiger partial charge in [-0.25, -0.2) is 9.18 Å². The number of fused-ring (bicyclic) bond motifs is 1. The third-order valence-electron chi connectivity index (χ3n) is 5.89. The Hall–Kier alpha value is -1.68. The minimum atomic E-state index is -0.539. The zero-order valence-electron chi connectivity index (χ0n) is 16.6. The molecular weight excluding hydrogens is 343 g/mol. The molecular formula is C23H31FO3. The first-order valence-corrected chi connectivity index (χ1v) is 10.5. The van der Waals surface area contributed by atoms with Crippen LogP contribution < -0.4 is 5.63 Å². The molecule has 1 aromatic carbocycles. The van der Waals surface area contributed by atoms with Crippen molar-refractivity contribution in [2.45, 2.75) is 71.1 Å². The molecule has 3 rings (SSSR count). The average Bonchev–Trinajstić information content (AvgIpc) is 2.67. The lowest BCUT2D eigenvalue weighted by Crippen LogP contribution is -2.16. The number of aryl methyl sites for hydroxylation is 1. The zero-order valence-corrected chi connectivity index (χ0v) is 16.6. The van der Waals surface area contributed by atoms with Gasteiger partial charge in [0.15, 0.2) is 0 Å². The first-order chi connectivity index (χ1) is 13.1. The molecule has 0 aliphatic heterocycles. The second-order valence-corrected chi connectivity index (χ2v) is 7.74. The number of rotatable bonds is 8. The highest BCUT2D eigenvalue weighted by atomic mass is 19.1. The van der Waals surface area contributed by atoms with Gasteiger partial charge in [-0.3, -0.25) is 0 Å². The van der Waals surface area contributed by atoms with Gasteiger partial charge in [0.25, 0.3) is 0 Å². The molecule has 0 N–H and O–H groups in total. The van der Waals surface area contributed by atoms with E-state index in [0.29, 0.717) is 22.6 Å². The van der Waals surface area contributed by atoms with Crippen LogP contribution in [0.25, 0.3) is 10.8 Å². The van der Waals surface area contributed by atoms with Crippen molar-refractivity contribution in [1.29, 1.82) is 0 Å². The zero-order chi connectivity index (χ0) is 19.2. The summed E-state index contributed by atoms with van der Waals surface area (Å²) in [5.41, 5.74) is 0.141. The van der Waals surface area contributed by atoms with Crippen LogP contribution in [0, 0.1) is 11.7 Å². The quantitative estimate of drug-likeness (QED) is 0.534. The Bertz CT molecular complexity index is 803. The van der Waals surface area contributed by atoms with Crippen molar-refractivity contribution >= 4 is 10.8 Å². The number of benzene rings is 1.